The third-order valence-electron chi connectivity index (χ3n) is 2.53. The van der Waals surface area contributed by atoms with Gasteiger partial charge in [0.25, 0.3) is 0 Å². The van der Waals surface area contributed by atoms with E-state index in [9.17, 15) is 15.0 Å². The molecule has 0 aliphatic rings. The predicted octanol–water partition coefficient (Wildman–Crippen LogP) is 3.02. The third kappa shape index (κ3) is 3.29. The number of amides is 1. The summed E-state index contributed by atoms with van der Waals surface area (Å²) in [5.74, 6) is -0.0311. The van der Waals surface area contributed by atoms with Gasteiger partial charge in [0.15, 0.2) is 5.75 Å². The lowest BCUT2D eigenvalue weighted by molar-refractivity contribution is 0.0955. The number of nitrogens with zero attached hydrogens (tertiary/aromatic N) is 1. The van der Waals surface area contributed by atoms with E-state index in [-0.39, 0.29) is 18.0 Å². The van der Waals surface area contributed by atoms with Crippen molar-refractivity contribution >= 4 is 27.7 Å². The van der Waals surface area contributed by atoms with Gasteiger partial charge >= 0.3 is 6.09 Å². The molecule has 6 heteroatoms. The maximum absolute atomic E-state index is 11.2. The van der Waals surface area contributed by atoms with Gasteiger partial charge in [0, 0.05) is 12.1 Å². The topological polar surface area (TPSA) is 86.8 Å². The fourth-order valence-corrected chi connectivity index (χ4v) is 2.07. The van der Waals surface area contributed by atoms with Crippen LogP contribution in [-0.4, -0.2) is 26.7 Å². The molecule has 0 saturated carbocycles. The fraction of sp³-hybridized carbons (Fsp3) is 0.417. The van der Waals surface area contributed by atoms with Crippen molar-refractivity contribution in [1.82, 2.24) is 4.90 Å². The molecule has 18 heavy (non-hydrogen) atoms. The molecule has 5 nitrogen and oxygen atoms in total. The largest absolute Gasteiger partial charge is 0.505 e. The highest BCUT2D eigenvalue weighted by molar-refractivity contribution is 9.10. The van der Waals surface area contributed by atoms with Crippen molar-refractivity contribution in [2.24, 2.45) is 0 Å². The summed E-state index contributed by atoms with van der Waals surface area (Å²) in [5.41, 5.74) is 6.07. The van der Waals surface area contributed by atoms with Gasteiger partial charge in [-0.1, -0.05) is 0 Å². The highest BCUT2D eigenvalue weighted by Gasteiger charge is 2.26. The molecule has 0 radical (unpaired) electrons. The van der Waals surface area contributed by atoms with E-state index in [0.717, 1.165) is 5.56 Å². The molecule has 1 rings (SSSR count). The number of carbonyl (C=O) groups is 1. The molecule has 1 aromatic rings. The SMILES string of the molecule is CC(C)(C)N(Cc1cc(N)c(O)c(Br)c1)C(=O)O. The molecule has 1 amide bonds. The number of benzene rings is 1. The molecule has 100 valence electrons. The zero-order valence-corrected chi connectivity index (χ0v) is 12.2. The van der Waals surface area contributed by atoms with Crippen LogP contribution in [0.3, 0.4) is 0 Å². The highest BCUT2D eigenvalue weighted by atomic mass is 79.9. The Morgan fingerprint density at radius 2 is 2.00 bits per heavy atom. The van der Waals surface area contributed by atoms with Crippen LogP contribution in [0, 0.1) is 0 Å². The van der Waals surface area contributed by atoms with Crippen LogP contribution in [-0.2, 0) is 6.54 Å². The zero-order chi connectivity index (χ0) is 14.1. The number of aromatic hydroxyl groups is 1. The first-order valence-electron chi connectivity index (χ1n) is 5.40. The molecular weight excluding hydrogens is 300 g/mol. The molecule has 0 aromatic heterocycles. The second kappa shape index (κ2) is 5.06. The summed E-state index contributed by atoms with van der Waals surface area (Å²) in [6.45, 7) is 5.67. The maximum Gasteiger partial charge on any atom is 0.408 e. The number of nitrogen functional groups attached to an aromatic ring is 1. The molecule has 1 aromatic carbocycles. The zero-order valence-electron chi connectivity index (χ0n) is 10.6. The number of anilines is 1. The van der Waals surface area contributed by atoms with Crippen LogP contribution < -0.4 is 5.73 Å². The average Bonchev–Trinajstić information content (AvgIpc) is 2.20. The van der Waals surface area contributed by atoms with Crippen LogP contribution >= 0.6 is 15.9 Å². The van der Waals surface area contributed by atoms with E-state index in [4.69, 9.17) is 5.73 Å². The van der Waals surface area contributed by atoms with Crippen LogP contribution in [0.1, 0.15) is 26.3 Å². The van der Waals surface area contributed by atoms with Gasteiger partial charge in [0.2, 0.25) is 0 Å². The quantitative estimate of drug-likeness (QED) is 0.578. The van der Waals surface area contributed by atoms with E-state index in [2.05, 4.69) is 15.9 Å². The third-order valence-corrected chi connectivity index (χ3v) is 3.14. The van der Waals surface area contributed by atoms with E-state index >= 15 is 0 Å². The average molecular weight is 317 g/mol. The number of phenolic OH excluding ortho intramolecular Hbond substituents is 1. The van der Waals surface area contributed by atoms with Crippen molar-refractivity contribution < 1.29 is 15.0 Å². The minimum atomic E-state index is -0.995. The van der Waals surface area contributed by atoms with Gasteiger partial charge in [-0.05, 0) is 54.4 Å². The first kappa shape index (κ1) is 14.6. The number of hydrogen-bond donors (Lipinski definition) is 3. The van der Waals surface area contributed by atoms with Crippen molar-refractivity contribution in [2.75, 3.05) is 5.73 Å². The number of nitrogens with two attached hydrogens (primary N) is 1. The van der Waals surface area contributed by atoms with Crippen LogP contribution in [0.5, 0.6) is 5.75 Å². The van der Waals surface area contributed by atoms with Gasteiger partial charge < -0.3 is 15.9 Å². The van der Waals surface area contributed by atoms with Crippen molar-refractivity contribution in [3.63, 3.8) is 0 Å². The van der Waals surface area contributed by atoms with Gasteiger partial charge in [-0.3, -0.25) is 4.90 Å². The van der Waals surface area contributed by atoms with E-state index in [1.54, 1.807) is 12.1 Å². The minimum absolute atomic E-state index is 0.0311. The number of rotatable bonds is 2. The molecule has 0 unspecified atom stereocenters. The predicted molar refractivity (Wildman–Crippen MR) is 73.5 cm³/mol. The number of hydrogen-bond acceptors (Lipinski definition) is 3. The highest BCUT2D eigenvalue weighted by Crippen LogP contribution is 2.32. The lowest BCUT2D eigenvalue weighted by Gasteiger charge is -2.33. The van der Waals surface area contributed by atoms with Gasteiger partial charge in [0.05, 0.1) is 10.2 Å². The smallest absolute Gasteiger partial charge is 0.408 e. The Morgan fingerprint density at radius 1 is 1.44 bits per heavy atom. The minimum Gasteiger partial charge on any atom is -0.505 e. The summed E-state index contributed by atoms with van der Waals surface area (Å²) in [7, 11) is 0. The van der Waals surface area contributed by atoms with Crippen LogP contribution in [0.15, 0.2) is 16.6 Å². The van der Waals surface area contributed by atoms with E-state index in [1.807, 2.05) is 20.8 Å². The van der Waals surface area contributed by atoms with Crippen molar-refractivity contribution in [3.05, 3.63) is 22.2 Å². The fourth-order valence-electron chi connectivity index (χ4n) is 1.54. The summed E-state index contributed by atoms with van der Waals surface area (Å²) in [6, 6.07) is 3.23. The Kier molecular flexibility index (Phi) is 4.11. The van der Waals surface area contributed by atoms with Crippen molar-refractivity contribution in [1.29, 1.82) is 0 Å². The molecule has 0 saturated heterocycles. The lowest BCUT2D eigenvalue weighted by atomic mass is 10.0. The Hall–Kier alpha value is -1.43. The first-order chi connectivity index (χ1) is 8.12. The molecule has 0 aliphatic heterocycles. The number of halogens is 1. The second-order valence-corrected chi connectivity index (χ2v) is 5.91. The van der Waals surface area contributed by atoms with Gasteiger partial charge in [-0.25, -0.2) is 4.79 Å². The molecule has 0 spiro atoms. The summed E-state index contributed by atoms with van der Waals surface area (Å²) < 4.78 is 0.455. The van der Waals surface area contributed by atoms with Crippen molar-refractivity contribution in [2.45, 2.75) is 32.9 Å². The Labute approximate surface area is 114 Å². The molecular formula is C12H17BrN2O3. The molecule has 0 bridgehead atoms. The number of carboxylic acid groups (broad SMARTS) is 1. The second-order valence-electron chi connectivity index (χ2n) is 5.06. The standard InChI is InChI=1S/C12H17BrN2O3/c1-12(2,3)15(11(17)18)6-7-4-8(13)10(16)9(14)5-7/h4-5,16H,6,14H2,1-3H3,(H,17,18). The summed E-state index contributed by atoms with van der Waals surface area (Å²) in [6.07, 6.45) is -0.995. The molecule has 0 aliphatic carbocycles. The molecule has 4 N–H and O–H groups in total. The van der Waals surface area contributed by atoms with Crippen molar-refractivity contribution in [3.8, 4) is 5.75 Å². The first-order valence-corrected chi connectivity index (χ1v) is 6.19. The van der Waals surface area contributed by atoms with Gasteiger partial charge in [0.1, 0.15) is 0 Å². The molecule has 0 heterocycles. The van der Waals surface area contributed by atoms with E-state index < -0.39 is 11.6 Å². The van der Waals surface area contributed by atoms with Crippen LogP contribution in [0.4, 0.5) is 10.5 Å². The number of phenols is 1. The Bertz CT molecular complexity index is 446. The monoisotopic (exact) mass is 316 g/mol. The van der Waals surface area contributed by atoms with Crippen LogP contribution in [0.2, 0.25) is 0 Å². The summed E-state index contributed by atoms with van der Waals surface area (Å²) in [4.78, 5) is 12.5. The normalized spacial score (nSPS) is 11.3. The molecule has 0 atom stereocenters. The van der Waals surface area contributed by atoms with Crippen LogP contribution in [0.25, 0.3) is 0 Å². The summed E-state index contributed by atoms with van der Waals surface area (Å²) >= 11 is 3.18. The lowest BCUT2D eigenvalue weighted by Crippen LogP contribution is -2.44. The maximum atomic E-state index is 11.2. The Morgan fingerprint density at radius 3 is 2.39 bits per heavy atom. The van der Waals surface area contributed by atoms with E-state index in [1.165, 1.54) is 4.90 Å². The Balaban J connectivity index is 3.06. The molecule has 0 fully saturated rings. The summed E-state index contributed by atoms with van der Waals surface area (Å²) in [5, 5.41) is 18.7. The van der Waals surface area contributed by atoms with E-state index in [0.29, 0.717) is 4.47 Å². The van der Waals surface area contributed by atoms with Gasteiger partial charge in [-0.15, -0.1) is 0 Å². The van der Waals surface area contributed by atoms with Gasteiger partial charge in [-0.2, -0.15) is 0 Å².